The molecule has 2 aromatic carbocycles. The number of nitrogens with zero attached hydrogens (tertiary/aromatic N) is 3. The molecule has 8 heteroatoms. The van der Waals surface area contributed by atoms with Gasteiger partial charge in [0, 0.05) is 69.0 Å². The molecule has 0 aromatic heterocycles. The summed E-state index contributed by atoms with van der Waals surface area (Å²) in [7, 11) is 0. The summed E-state index contributed by atoms with van der Waals surface area (Å²) in [6.07, 6.45) is 9.24. The number of imide groups is 1. The van der Waals surface area contributed by atoms with Crippen LogP contribution >= 0.6 is 0 Å². The maximum Gasteiger partial charge on any atom is 0.255 e. The van der Waals surface area contributed by atoms with E-state index >= 15 is 0 Å². The number of nitrogens with one attached hydrogen (secondary N) is 2. The van der Waals surface area contributed by atoms with Crippen LogP contribution in [-0.4, -0.2) is 71.2 Å². The average molecular weight is 558 g/mol. The van der Waals surface area contributed by atoms with Gasteiger partial charge in [0.25, 0.3) is 5.91 Å². The lowest BCUT2D eigenvalue weighted by atomic mass is 10.0. The second-order valence-corrected chi connectivity index (χ2v) is 12.3. The zero-order valence-corrected chi connectivity index (χ0v) is 24.1. The number of piperidine rings is 1. The summed E-state index contributed by atoms with van der Waals surface area (Å²) in [6.45, 7) is 7.92. The number of anilines is 1. The molecule has 0 bridgehead atoms. The number of hydrogen-bond acceptors (Lipinski definition) is 6. The molecular weight excluding hydrogens is 514 g/mol. The van der Waals surface area contributed by atoms with Crippen LogP contribution in [0.1, 0.15) is 78.4 Å². The van der Waals surface area contributed by atoms with Gasteiger partial charge in [-0.3, -0.25) is 24.6 Å². The van der Waals surface area contributed by atoms with Crippen molar-refractivity contribution in [2.45, 2.75) is 77.0 Å². The van der Waals surface area contributed by atoms with Crippen LogP contribution < -0.4 is 10.6 Å². The Morgan fingerprint density at radius 1 is 0.854 bits per heavy atom. The SMILES string of the molecule is O=C1CCC(N2Cc3c(NCc4ccc(CN5CCN(CCCC6CCCC6)CC5)cc4)cccc3C2=O)C(=O)N1. The molecule has 218 valence electrons. The highest BCUT2D eigenvalue weighted by molar-refractivity contribution is 6.06. The number of amides is 3. The Balaban J connectivity index is 0.966. The van der Waals surface area contributed by atoms with Crippen molar-refractivity contribution in [3.8, 4) is 0 Å². The van der Waals surface area contributed by atoms with E-state index in [1.54, 1.807) is 4.90 Å². The minimum absolute atomic E-state index is 0.146. The van der Waals surface area contributed by atoms with E-state index < -0.39 is 6.04 Å². The van der Waals surface area contributed by atoms with Gasteiger partial charge < -0.3 is 15.1 Å². The summed E-state index contributed by atoms with van der Waals surface area (Å²) in [6, 6.07) is 13.9. The minimum Gasteiger partial charge on any atom is -0.381 e. The van der Waals surface area contributed by atoms with E-state index in [4.69, 9.17) is 0 Å². The molecule has 0 spiro atoms. The van der Waals surface area contributed by atoms with E-state index in [-0.39, 0.29) is 24.1 Å². The fourth-order valence-electron chi connectivity index (χ4n) is 7.04. The van der Waals surface area contributed by atoms with Crippen LogP contribution in [0.2, 0.25) is 0 Å². The minimum atomic E-state index is -0.599. The van der Waals surface area contributed by atoms with E-state index in [0.29, 0.717) is 25.1 Å². The quantitative estimate of drug-likeness (QED) is 0.427. The van der Waals surface area contributed by atoms with E-state index in [9.17, 15) is 14.4 Å². The maximum absolute atomic E-state index is 13.1. The molecule has 6 rings (SSSR count). The van der Waals surface area contributed by atoms with Gasteiger partial charge in [-0.25, -0.2) is 0 Å². The Hall–Kier alpha value is -3.23. The van der Waals surface area contributed by atoms with Crippen molar-refractivity contribution in [1.29, 1.82) is 0 Å². The molecule has 8 nitrogen and oxygen atoms in total. The number of rotatable bonds is 10. The van der Waals surface area contributed by atoms with Crippen LogP contribution in [0.4, 0.5) is 5.69 Å². The molecule has 4 aliphatic rings. The van der Waals surface area contributed by atoms with Gasteiger partial charge in [-0.1, -0.05) is 56.0 Å². The van der Waals surface area contributed by atoms with Crippen LogP contribution in [0.15, 0.2) is 42.5 Å². The van der Waals surface area contributed by atoms with E-state index in [2.05, 4.69) is 44.7 Å². The van der Waals surface area contributed by atoms with E-state index in [1.807, 2.05) is 18.2 Å². The molecule has 1 unspecified atom stereocenters. The number of hydrogen-bond donors (Lipinski definition) is 2. The molecule has 41 heavy (non-hydrogen) atoms. The molecule has 2 aromatic rings. The Labute approximate surface area is 243 Å². The molecule has 3 fully saturated rings. The number of benzene rings is 2. The first-order valence-electron chi connectivity index (χ1n) is 15.6. The van der Waals surface area contributed by atoms with Crippen LogP contribution in [0.3, 0.4) is 0 Å². The van der Waals surface area contributed by atoms with Crippen molar-refractivity contribution in [3.63, 3.8) is 0 Å². The van der Waals surface area contributed by atoms with Gasteiger partial charge in [0.1, 0.15) is 6.04 Å². The standard InChI is InChI=1S/C33H43N5O3/c39-31-15-14-30(32(40)35-31)38-23-28-27(33(38)41)8-3-9-29(28)34-21-25-10-12-26(13-11-25)22-37-19-17-36(18-20-37)16-4-7-24-5-1-2-6-24/h3,8-13,24,30,34H,1-2,4-7,14-23H2,(H,35,39,40). The second-order valence-electron chi connectivity index (χ2n) is 12.3. The molecule has 3 aliphatic heterocycles. The van der Waals surface area contributed by atoms with Crippen molar-refractivity contribution in [1.82, 2.24) is 20.0 Å². The highest BCUT2D eigenvalue weighted by Gasteiger charge is 2.39. The summed E-state index contributed by atoms with van der Waals surface area (Å²) in [4.78, 5) is 43.9. The van der Waals surface area contributed by atoms with Gasteiger partial charge in [-0.05, 0) is 55.0 Å². The number of carbonyl (C=O) groups is 3. The average Bonchev–Trinajstić information content (AvgIpc) is 3.62. The smallest absolute Gasteiger partial charge is 0.255 e. The summed E-state index contributed by atoms with van der Waals surface area (Å²) in [5.41, 5.74) is 4.98. The third-order valence-electron chi connectivity index (χ3n) is 9.52. The van der Waals surface area contributed by atoms with Gasteiger partial charge in [0.15, 0.2) is 0 Å². The first-order chi connectivity index (χ1) is 20.0. The number of carbonyl (C=O) groups excluding carboxylic acids is 3. The van der Waals surface area contributed by atoms with Crippen LogP contribution in [0.25, 0.3) is 0 Å². The Morgan fingerprint density at radius 2 is 1.59 bits per heavy atom. The largest absolute Gasteiger partial charge is 0.381 e. The summed E-state index contributed by atoms with van der Waals surface area (Å²) in [5, 5.41) is 5.88. The second kappa shape index (κ2) is 12.7. The topological polar surface area (TPSA) is 85.0 Å². The zero-order chi connectivity index (χ0) is 28.2. The van der Waals surface area contributed by atoms with Gasteiger partial charge in [0.2, 0.25) is 11.8 Å². The lowest BCUT2D eigenvalue weighted by Crippen LogP contribution is -2.52. The maximum atomic E-state index is 13.1. The molecule has 1 atom stereocenters. The van der Waals surface area contributed by atoms with Crippen molar-refractivity contribution >= 4 is 23.4 Å². The summed E-state index contributed by atoms with van der Waals surface area (Å²) >= 11 is 0. The highest BCUT2D eigenvalue weighted by atomic mass is 16.2. The summed E-state index contributed by atoms with van der Waals surface area (Å²) in [5.74, 6) is 0.203. The van der Waals surface area contributed by atoms with Gasteiger partial charge in [0.05, 0.1) is 0 Å². The Bertz CT molecular complexity index is 1250. The molecule has 2 N–H and O–H groups in total. The molecule has 1 aliphatic carbocycles. The first-order valence-corrected chi connectivity index (χ1v) is 15.6. The van der Waals surface area contributed by atoms with Crippen molar-refractivity contribution < 1.29 is 14.4 Å². The predicted octanol–water partition coefficient (Wildman–Crippen LogP) is 4.15. The van der Waals surface area contributed by atoms with Crippen LogP contribution in [-0.2, 0) is 29.2 Å². The fraction of sp³-hybridized carbons (Fsp3) is 0.545. The lowest BCUT2D eigenvalue weighted by Gasteiger charge is -2.35. The van der Waals surface area contributed by atoms with Crippen LogP contribution in [0.5, 0.6) is 0 Å². The Kier molecular flexibility index (Phi) is 8.67. The fourth-order valence-corrected chi connectivity index (χ4v) is 7.04. The molecule has 0 radical (unpaired) electrons. The van der Waals surface area contributed by atoms with Crippen molar-refractivity contribution in [2.24, 2.45) is 5.92 Å². The molecule has 3 heterocycles. The number of fused-ring (bicyclic) bond motifs is 1. The molecule has 1 saturated carbocycles. The lowest BCUT2D eigenvalue weighted by molar-refractivity contribution is -0.136. The number of piperazine rings is 1. The van der Waals surface area contributed by atoms with Gasteiger partial charge in [-0.2, -0.15) is 0 Å². The monoisotopic (exact) mass is 557 g/mol. The molecular formula is C33H43N5O3. The van der Waals surface area contributed by atoms with E-state index in [1.165, 1.54) is 69.3 Å². The van der Waals surface area contributed by atoms with Crippen LogP contribution in [0, 0.1) is 5.92 Å². The third-order valence-corrected chi connectivity index (χ3v) is 9.52. The van der Waals surface area contributed by atoms with Gasteiger partial charge >= 0.3 is 0 Å². The van der Waals surface area contributed by atoms with Gasteiger partial charge in [-0.15, -0.1) is 0 Å². The normalized spacial score (nSPS) is 22.3. The van der Waals surface area contributed by atoms with Crippen molar-refractivity contribution in [3.05, 3.63) is 64.7 Å². The highest BCUT2D eigenvalue weighted by Crippen LogP contribution is 2.32. The predicted molar refractivity (Wildman–Crippen MR) is 159 cm³/mol. The molecule has 2 saturated heterocycles. The van der Waals surface area contributed by atoms with Crippen molar-refractivity contribution in [2.75, 3.05) is 38.0 Å². The summed E-state index contributed by atoms with van der Waals surface area (Å²) < 4.78 is 0. The third kappa shape index (κ3) is 6.65. The zero-order valence-electron chi connectivity index (χ0n) is 24.1. The van der Waals surface area contributed by atoms with E-state index in [0.717, 1.165) is 36.8 Å². The first kappa shape index (κ1) is 27.9. The Morgan fingerprint density at radius 3 is 2.34 bits per heavy atom. The molecule has 3 amide bonds.